The van der Waals surface area contributed by atoms with E-state index in [0.29, 0.717) is 25.9 Å². The molecule has 0 aromatic carbocycles. The summed E-state index contributed by atoms with van der Waals surface area (Å²) in [5.74, 6) is -0.337. The van der Waals surface area contributed by atoms with E-state index in [2.05, 4.69) is 9.47 Å². The maximum Gasteiger partial charge on any atom is 0.409 e. The van der Waals surface area contributed by atoms with Crippen LogP contribution in [0.15, 0.2) is 11.6 Å². The van der Waals surface area contributed by atoms with Crippen molar-refractivity contribution in [2.24, 2.45) is 0 Å². The van der Waals surface area contributed by atoms with Crippen molar-refractivity contribution in [2.45, 2.75) is 12.8 Å². The summed E-state index contributed by atoms with van der Waals surface area (Å²) in [6.07, 6.45) is 2.58. The molecule has 1 saturated heterocycles. The highest BCUT2D eigenvalue weighted by Crippen LogP contribution is 2.16. The summed E-state index contributed by atoms with van der Waals surface area (Å²) in [6.45, 7) is 1.19. The molecule has 84 valence electrons. The molecule has 1 fully saturated rings. The van der Waals surface area contributed by atoms with Gasteiger partial charge >= 0.3 is 12.1 Å². The fraction of sp³-hybridized carbons (Fsp3) is 0.600. The Labute approximate surface area is 88.6 Å². The van der Waals surface area contributed by atoms with Crippen LogP contribution in [0.5, 0.6) is 0 Å². The van der Waals surface area contributed by atoms with Gasteiger partial charge in [0.15, 0.2) is 0 Å². The van der Waals surface area contributed by atoms with Gasteiger partial charge < -0.3 is 14.4 Å². The van der Waals surface area contributed by atoms with Crippen LogP contribution < -0.4 is 0 Å². The third-order valence-corrected chi connectivity index (χ3v) is 2.36. The number of hydrogen-bond donors (Lipinski definition) is 0. The zero-order valence-corrected chi connectivity index (χ0v) is 8.99. The molecule has 1 heterocycles. The summed E-state index contributed by atoms with van der Waals surface area (Å²) < 4.78 is 9.13. The standard InChI is InChI=1S/C10H15NO4/c1-14-9(12)7-8-3-5-11(6-4-8)10(13)15-2/h7H,3-6H2,1-2H3. The third-order valence-electron chi connectivity index (χ3n) is 2.36. The molecule has 0 unspecified atom stereocenters. The molecule has 0 atom stereocenters. The smallest absolute Gasteiger partial charge is 0.409 e. The highest BCUT2D eigenvalue weighted by Gasteiger charge is 2.19. The number of hydrogen-bond acceptors (Lipinski definition) is 4. The van der Waals surface area contributed by atoms with E-state index in [-0.39, 0.29) is 12.1 Å². The normalized spacial score (nSPS) is 15.9. The topological polar surface area (TPSA) is 55.8 Å². The maximum atomic E-state index is 11.1. The van der Waals surface area contributed by atoms with E-state index >= 15 is 0 Å². The SMILES string of the molecule is COC(=O)C=C1CCN(C(=O)OC)CC1. The first kappa shape index (κ1) is 11.6. The molecule has 0 radical (unpaired) electrons. The Morgan fingerprint density at radius 3 is 2.27 bits per heavy atom. The first-order valence-corrected chi connectivity index (χ1v) is 4.77. The number of amides is 1. The van der Waals surface area contributed by atoms with Crippen LogP contribution in [0.2, 0.25) is 0 Å². The Morgan fingerprint density at radius 1 is 1.20 bits per heavy atom. The molecular weight excluding hydrogens is 198 g/mol. The minimum absolute atomic E-state index is 0.313. The Morgan fingerprint density at radius 2 is 1.80 bits per heavy atom. The first-order chi connectivity index (χ1) is 7.17. The van der Waals surface area contributed by atoms with Gasteiger partial charge in [0.1, 0.15) is 0 Å². The second kappa shape index (κ2) is 5.38. The molecule has 0 spiro atoms. The van der Waals surface area contributed by atoms with E-state index in [1.54, 1.807) is 4.90 Å². The van der Waals surface area contributed by atoms with Crippen LogP contribution in [0.4, 0.5) is 4.79 Å². The van der Waals surface area contributed by atoms with Crippen molar-refractivity contribution < 1.29 is 19.1 Å². The van der Waals surface area contributed by atoms with Gasteiger partial charge in [0.2, 0.25) is 0 Å². The van der Waals surface area contributed by atoms with Crippen LogP contribution in [0.3, 0.4) is 0 Å². The number of likely N-dealkylation sites (tertiary alicyclic amines) is 1. The van der Waals surface area contributed by atoms with Gasteiger partial charge in [0.05, 0.1) is 14.2 Å². The number of carbonyl (C=O) groups excluding carboxylic acids is 2. The molecule has 5 heteroatoms. The van der Waals surface area contributed by atoms with Gasteiger partial charge in [-0.15, -0.1) is 0 Å². The minimum Gasteiger partial charge on any atom is -0.466 e. The predicted molar refractivity (Wildman–Crippen MR) is 53.3 cm³/mol. The Hall–Kier alpha value is -1.52. The highest BCUT2D eigenvalue weighted by molar-refractivity contribution is 5.82. The molecule has 0 aliphatic carbocycles. The Kier molecular flexibility index (Phi) is 4.15. The summed E-state index contributed by atoms with van der Waals surface area (Å²) in [6, 6.07) is 0. The summed E-state index contributed by atoms with van der Waals surface area (Å²) in [5.41, 5.74) is 1.02. The number of esters is 1. The fourth-order valence-electron chi connectivity index (χ4n) is 1.48. The van der Waals surface area contributed by atoms with Crippen molar-refractivity contribution in [3.05, 3.63) is 11.6 Å². The maximum absolute atomic E-state index is 11.1. The van der Waals surface area contributed by atoms with Crippen molar-refractivity contribution in [2.75, 3.05) is 27.3 Å². The molecule has 0 saturated carbocycles. The average molecular weight is 213 g/mol. The number of ether oxygens (including phenoxy) is 2. The molecule has 0 bridgehead atoms. The molecule has 0 N–H and O–H groups in total. The predicted octanol–water partition coefficient (Wildman–Crippen LogP) is 0.948. The molecule has 1 amide bonds. The van der Waals surface area contributed by atoms with Crippen LogP contribution >= 0.6 is 0 Å². The first-order valence-electron chi connectivity index (χ1n) is 4.77. The summed E-state index contributed by atoms with van der Waals surface area (Å²) in [4.78, 5) is 23.7. The van der Waals surface area contributed by atoms with E-state index in [0.717, 1.165) is 5.57 Å². The van der Waals surface area contributed by atoms with E-state index < -0.39 is 0 Å². The highest BCUT2D eigenvalue weighted by atomic mass is 16.5. The van der Waals surface area contributed by atoms with Crippen LogP contribution in [0.25, 0.3) is 0 Å². The lowest BCUT2D eigenvalue weighted by atomic mass is 10.0. The Balaban J connectivity index is 2.45. The van der Waals surface area contributed by atoms with E-state index in [4.69, 9.17) is 0 Å². The van der Waals surface area contributed by atoms with Crippen LogP contribution in [0, 0.1) is 0 Å². The van der Waals surface area contributed by atoms with Crippen molar-refractivity contribution in [1.29, 1.82) is 0 Å². The van der Waals surface area contributed by atoms with Gasteiger partial charge in [-0.05, 0) is 12.8 Å². The number of rotatable bonds is 1. The molecule has 0 aromatic heterocycles. The molecule has 15 heavy (non-hydrogen) atoms. The van der Waals surface area contributed by atoms with Gasteiger partial charge in [-0.1, -0.05) is 5.57 Å². The van der Waals surface area contributed by atoms with Crippen molar-refractivity contribution in [3.63, 3.8) is 0 Å². The number of carbonyl (C=O) groups is 2. The van der Waals surface area contributed by atoms with E-state index in [1.165, 1.54) is 20.3 Å². The summed E-state index contributed by atoms with van der Waals surface area (Å²) in [7, 11) is 2.71. The quantitative estimate of drug-likeness (QED) is 0.480. The lowest BCUT2D eigenvalue weighted by molar-refractivity contribution is -0.134. The van der Waals surface area contributed by atoms with Gasteiger partial charge in [-0.25, -0.2) is 9.59 Å². The second-order valence-corrected chi connectivity index (χ2v) is 3.28. The molecule has 5 nitrogen and oxygen atoms in total. The molecule has 1 rings (SSSR count). The van der Waals surface area contributed by atoms with Crippen LogP contribution in [0.1, 0.15) is 12.8 Å². The van der Waals surface area contributed by atoms with Crippen molar-refractivity contribution >= 4 is 12.1 Å². The Bertz CT molecular complexity index is 275. The number of piperidine rings is 1. The molecule has 1 aliphatic heterocycles. The lowest BCUT2D eigenvalue weighted by Crippen LogP contribution is -2.36. The van der Waals surface area contributed by atoms with E-state index in [9.17, 15) is 9.59 Å². The van der Waals surface area contributed by atoms with Gasteiger partial charge in [0, 0.05) is 19.2 Å². The van der Waals surface area contributed by atoms with Crippen molar-refractivity contribution in [3.8, 4) is 0 Å². The summed E-state index contributed by atoms with van der Waals surface area (Å²) >= 11 is 0. The molecular formula is C10H15NO4. The van der Waals surface area contributed by atoms with Gasteiger partial charge in [-0.3, -0.25) is 0 Å². The largest absolute Gasteiger partial charge is 0.466 e. The lowest BCUT2D eigenvalue weighted by Gasteiger charge is -2.26. The van der Waals surface area contributed by atoms with E-state index in [1.807, 2.05) is 0 Å². The van der Waals surface area contributed by atoms with Gasteiger partial charge in [0.25, 0.3) is 0 Å². The number of nitrogens with zero attached hydrogens (tertiary/aromatic N) is 1. The average Bonchev–Trinajstić information content (AvgIpc) is 2.29. The fourth-order valence-corrected chi connectivity index (χ4v) is 1.48. The van der Waals surface area contributed by atoms with Crippen LogP contribution in [-0.2, 0) is 14.3 Å². The zero-order chi connectivity index (χ0) is 11.3. The van der Waals surface area contributed by atoms with Crippen LogP contribution in [-0.4, -0.2) is 44.3 Å². The second-order valence-electron chi connectivity index (χ2n) is 3.28. The van der Waals surface area contributed by atoms with Gasteiger partial charge in [-0.2, -0.15) is 0 Å². The molecule has 1 aliphatic rings. The summed E-state index contributed by atoms with van der Waals surface area (Å²) in [5, 5.41) is 0. The monoisotopic (exact) mass is 213 g/mol. The van der Waals surface area contributed by atoms with Crippen molar-refractivity contribution in [1.82, 2.24) is 4.90 Å². The zero-order valence-electron chi connectivity index (χ0n) is 8.99. The number of methoxy groups -OCH3 is 2. The minimum atomic E-state index is -0.337. The molecule has 0 aromatic rings. The third kappa shape index (κ3) is 3.27.